The standard InChI is InChI=1S/C15H28N2O4.K/c1-3-4-5-6-7-8-14(19)16-9-10-17(11-13(2)18)12-15(20)21;/h3-4,13,18H,5-12H2,1-2H3,(H,16,19)(H,20,21);/q;+1/p-1/b4-3+;. The summed E-state index contributed by atoms with van der Waals surface area (Å²) in [5.41, 5.74) is 0. The molecule has 1 unspecified atom stereocenters. The third-order valence-corrected chi connectivity index (χ3v) is 2.83. The van der Waals surface area contributed by atoms with Crippen LogP contribution in [0.1, 0.15) is 39.5 Å². The van der Waals surface area contributed by atoms with Crippen LogP contribution in [0.3, 0.4) is 0 Å². The van der Waals surface area contributed by atoms with E-state index >= 15 is 0 Å². The number of aliphatic hydroxyl groups is 1. The van der Waals surface area contributed by atoms with Crippen molar-refractivity contribution in [3.05, 3.63) is 12.2 Å². The number of carboxylic acids is 1. The van der Waals surface area contributed by atoms with Gasteiger partial charge in [0.05, 0.1) is 19.2 Å². The first kappa shape index (κ1) is 24.5. The van der Waals surface area contributed by atoms with Crippen LogP contribution in [0.15, 0.2) is 17.1 Å². The second-order valence-corrected chi connectivity index (χ2v) is 5.07. The summed E-state index contributed by atoms with van der Waals surface area (Å²) in [4.78, 5) is 16.2. The van der Waals surface area contributed by atoms with Crippen LogP contribution >= 0.6 is 0 Å². The van der Waals surface area contributed by atoms with Crippen molar-refractivity contribution in [3.8, 4) is 0 Å². The molecule has 22 heavy (non-hydrogen) atoms. The predicted octanol–water partition coefficient (Wildman–Crippen LogP) is -2.35. The molecule has 0 spiro atoms. The average Bonchev–Trinajstić information content (AvgIpc) is 2.37. The smallest absolute Gasteiger partial charge is 0.862 e. The molecule has 1 atom stereocenters. The Morgan fingerprint density at radius 3 is 2.64 bits per heavy atom. The molecule has 0 aromatic carbocycles. The molecule has 0 aliphatic carbocycles. The van der Waals surface area contributed by atoms with Gasteiger partial charge < -0.3 is 20.3 Å². The van der Waals surface area contributed by atoms with E-state index < -0.39 is 12.1 Å². The third-order valence-electron chi connectivity index (χ3n) is 2.83. The second kappa shape index (κ2) is 16.1. The topological polar surface area (TPSA) is 96.2 Å². The molecule has 0 heterocycles. The maximum absolute atomic E-state index is 11.5. The minimum Gasteiger partial charge on any atom is -0.862 e. The number of allylic oxidation sites excluding steroid dienone is 2. The molecule has 122 valence electrons. The van der Waals surface area contributed by atoms with E-state index in [1.165, 1.54) is 0 Å². The van der Waals surface area contributed by atoms with E-state index in [1.54, 1.807) is 11.8 Å². The van der Waals surface area contributed by atoms with E-state index in [0.717, 1.165) is 19.3 Å². The third kappa shape index (κ3) is 16.6. The first-order chi connectivity index (χ1) is 9.95. The minimum atomic E-state index is -0.953. The molecule has 0 radical (unpaired) electrons. The van der Waals surface area contributed by atoms with Crippen LogP contribution in [0.4, 0.5) is 0 Å². The summed E-state index contributed by atoms with van der Waals surface area (Å²) in [5, 5.41) is 29.6. The molecule has 0 rings (SSSR count). The number of hydrogen-bond donors (Lipinski definition) is 2. The van der Waals surface area contributed by atoms with Crippen LogP contribution in [-0.2, 0) is 4.79 Å². The van der Waals surface area contributed by atoms with Crippen molar-refractivity contribution in [1.82, 2.24) is 4.90 Å². The van der Waals surface area contributed by atoms with Crippen molar-refractivity contribution in [3.63, 3.8) is 0 Å². The Morgan fingerprint density at radius 1 is 1.41 bits per heavy atom. The SMILES string of the molecule is C/C=C/CCCCC([O-])=NCCN(CC(=O)O)CC(C)O.[K+]. The van der Waals surface area contributed by atoms with E-state index in [4.69, 9.17) is 5.11 Å². The molecule has 0 fully saturated rings. The molecular formula is C15H27KN2O4. The van der Waals surface area contributed by atoms with Crippen molar-refractivity contribution in [1.29, 1.82) is 0 Å². The van der Waals surface area contributed by atoms with Crippen molar-refractivity contribution in [2.24, 2.45) is 4.99 Å². The summed E-state index contributed by atoms with van der Waals surface area (Å²) in [7, 11) is 0. The van der Waals surface area contributed by atoms with Crippen LogP contribution in [-0.4, -0.2) is 59.3 Å². The maximum Gasteiger partial charge on any atom is 1.00 e. The normalized spacial score (nSPS) is 13.4. The number of rotatable bonds is 12. The van der Waals surface area contributed by atoms with Gasteiger partial charge in [0, 0.05) is 13.1 Å². The molecule has 0 saturated heterocycles. The van der Waals surface area contributed by atoms with E-state index in [-0.39, 0.29) is 76.9 Å². The average molecular weight is 338 g/mol. The largest absolute Gasteiger partial charge is 1.00 e. The summed E-state index contributed by atoms with van der Waals surface area (Å²) < 4.78 is 0. The number of nitrogens with zero attached hydrogens (tertiary/aromatic N) is 2. The molecule has 0 saturated carbocycles. The van der Waals surface area contributed by atoms with Gasteiger partial charge in [-0.3, -0.25) is 9.69 Å². The number of aliphatic hydroxyl groups excluding tert-OH is 1. The molecule has 0 aromatic heterocycles. The van der Waals surface area contributed by atoms with Crippen molar-refractivity contribution in [2.75, 3.05) is 26.2 Å². The van der Waals surface area contributed by atoms with Gasteiger partial charge in [-0.2, -0.15) is 0 Å². The van der Waals surface area contributed by atoms with Gasteiger partial charge in [0.2, 0.25) is 0 Å². The quantitative estimate of drug-likeness (QED) is 0.137. The monoisotopic (exact) mass is 338 g/mol. The maximum atomic E-state index is 11.5. The van der Waals surface area contributed by atoms with Crippen molar-refractivity contribution < 1.29 is 71.5 Å². The Labute approximate surface area is 175 Å². The fourth-order valence-corrected chi connectivity index (χ4v) is 1.90. The van der Waals surface area contributed by atoms with Crippen LogP contribution in [0.5, 0.6) is 0 Å². The summed E-state index contributed by atoms with van der Waals surface area (Å²) in [6.07, 6.45) is 6.66. The fourth-order valence-electron chi connectivity index (χ4n) is 1.90. The zero-order valence-electron chi connectivity index (χ0n) is 14.0. The Balaban J connectivity index is 0. The van der Waals surface area contributed by atoms with Gasteiger partial charge in [0.15, 0.2) is 0 Å². The van der Waals surface area contributed by atoms with Crippen LogP contribution < -0.4 is 56.5 Å². The Kier molecular flexibility index (Phi) is 17.9. The zero-order valence-corrected chi connectivity index (χ0v) is 17.1. The van der Waals surface area contributed by atoms with E-state index in [9.17, 15) is 15.0 Å². The molecule has 0 aliphatic heterocycles. The molecule has 0 aliphatic rings. The summed E-state index contributed by atoms with van der Waals surface area (Å²) in [6.45, 7) is 4.31. The van der Waals surface area contributed by atoms with Gasteiger partial charge in [-0.15, -0.1) is 0 Å². The molecule has 0 bridgehead atoms. The predicted molar refractivity (Wildman–Crippen MR) is 81.3 cm³/mol. The van der Waals surface area contributed by atoms with Gasteiger partial charge in [-0.05, 0) is 45.4 Å². The van der Waals surface area contributed by atoms with Crippen LogP contribution in [0.2, 0.25) is 0 Å². The first-order valence-corrected chi connectivity index (χ1v) is 7.39. The molecule has 0 aromatic rings. The van der Waals surface area contributed by atoms with Gasteiger partial charge in [-0.1, -0.05) is 12.2 Å². The fraction of sp³-hybridized carbons (Fsp3) is 0.733. The van der Waals surface area contributed by atoms with E-state index in [1.807, 2.05) is 13.0 Å². The Morgan fingerprint density at radius 2 is 2.09 bits per heavy atom. The summed E-state index contributed by atoms with van der Waals surface area (Å²) in [6, 6.07) is 0. The number of carbonyl (C=O) groups is 1. The number of aliphatic imine (C=N–C) groups is 1. The number of hydrogen-bond acceptors (Lipinski definition) is 5. The zero-order chi connectivity index (χ0) is 16.1. The number of aliphatic carboxylic acids is 1. The van der Waals surface area contributed by atoms with Crippen molar-refractivity contribution >= 4 is 11.9 Å². The molecule has 7 heteroatoms. The summed E-state index contributed by atoms with van der Waals surface area (Å²) >= 11 is 0. The van der Waals surface area contributed by atoms with Gasteiger partial charge in [0.25, 0.3) is 0 Å². The minimum absolute atomic E-state index is 0. The van der Waals surface area contributed by atoms with Gasteiger partial charge in [0.1, 0.15) is 0 Å². The van der Waals surface area contributed by atoms with Crippen molar-refractivity contribution in [2.45, 2.75) is 45.6 Å². The summed E-state index contributed by atoms with van der Waals surface area (Å²) in [5.74, 6) is -1.09. The van der Waals surface area contributed by atoms with Gasteiger partial charge in [-0.25, -0.2) is 0 Å². The number of carboxylic acid groups (broad SMARTS) is 1. The number of unbranched alkanes of at least 4 members (excludes halogenated alkanes) is 2. The second-order valence-electron chi connectivity index (χ2n) is 5.07. The first-order valence-electron chi connectivity index (χ1n) is 7.39. The molecule has 0 amide bonds. The van der Waals surface area contributed by atoms with Crippen LogP contribution in [0, 0.1) is 0 Å². The van der Waals surface area contributed by atoms with Crippen LogP contribution in [0.25, 0.3) is 0 Å². The van der Waals surface area contributed by atoms with Gasteiger partial charge >= 0.3 is 57.4 Å². The Hall–Kier alpha value is 0.236. The van der Waals surface area contributed by atoms with E-state index in [2.05, 4.69) is 11.1 Å². The molecule has 2 N–H and O–H groups in total. The molecular weight excluding hydrogens is 311 g/mol. The molecule has 6 nitrogen and oxygen atoms in total. The Bertz CT molecular complexity index is 346. The van der Waals surface area contributed by atoms with E-state index in [0.29, 0.717) is 13.0 Å².